The molecule has 0 N–H and O–H groups in total. The molecule has 3 heterocycles. The van der Waals surface area contributed by atoms with E-state index in [1.54, 1.807) is 22.5 Å². The summed E-state index contributed by atoms with van der Waals surface area (Å²) in [6.07, 6.45) is 1.82. The number of hydrogen-bond acceptors (Lipinski definition) is 4. The fraction of sp³-hybridized carbons (Fsp3) is 0.316. The average Bonchev–Trinajstić information content (AvgIpc) is 3.38. The lowest BCUT2D eigenvalue weighted by atomic mass is 10.2. The molecule has 0 saturated carbocycles. The van der Waals surface area contributed by atoms with Gasteiger partial charge in [-0.15, -0.1) is 11.3 Å². The Kier molecular flexibility index (Phi) is 4.65. The van der Waals surface area contributed by atoms with E-state index in [9.17, 15) is 12.8 Å². The van der Waals surface area contributed by atoms with Gasteiger partial charge in [-0.25, -0.2) is 17.8 Å². The topological polar surface area (TPSA) is 55.2 Å². The van der Waals surface area contributed by atoms with Crippen LogP contribution in [0, 0.1) is 12.7 Å². The first kappa shape index (κ1) is 18.3. The zero-order valence-electron chi connectivity index (χ0n) is 15.1. The predicted octanol–water partition coefficient (Wildman–Crippen LogP) is 4.05. The van der Waals surface area contributed by atoms with Crippen molar-refractivity contribution in [1.82, 2.24) is 13.9 Å². The Morgan fingerprint density at radius 2 is 1.81 bits per heavy atom. The van der Waals surface area contributed by atoms with Crippen LogP contribution >= 0.6 is 11.3 Å². The monoisotopic (exact) mass is 405 g/mol. The van der Waals surface area contributed by atoms with Crippen LogP contribution in [0.3, 0.4) is 0 Å². The van der Waals surface area contributed by atoms with Crippen LogP contribution in [0.2, 0.25) is 0 Å². The number of sulfonamides is 1. The summed E-state index contributed by atoms with van der Waals surface area (Å²) in [5.41, 5.74) is 3.05. The first-order valence-corrected chi connectivity index (χ1v) is 11.1. The summed E-state index contributed by atoms with van der Waals surface area (Å²) >= 11 is 1.45. The average molecular weight is 406 g/mol. The minimum absolute atomic E-state index is 0.288. The van der Waals surface area contributed by atoms with Crippen LogP contribution in [0.1, 0.15) is 18.5 Å². The van der Waals surface area contributed by atoms with Gasteiger partial charge < -0.3 is 4.57 Å². The molecule has 1 fully saturated rings. The van der Waals surface area contributed by atoms with Crippen LogP contribution in [-0.4, -0.2) is 35.4 Å². The number of halogens is 1. The van der Waals surface area contributed by atoms with Crippen LogP contribution in [0.5, 0.6) is 0 Å². The van der Waals surface area contributed by atoms with Crippen LogP contribution < -0.4 is 0 Å². The number of benzene rings is 1. The number of thiazole rings is 1. The molecule has 8 heteroatoms. The minimum Gasteiger partial charge on any atom is -0.345 e. The third-order valence-electron chi connectivity index (χ3n) is 5.04. The zero-order chi connectivity index (χ0) is 19.2. The predicted molar refractivity (Wildman–Crippen MR) is 105 cm³/mol. The standard InChI is InChI=1S/C19H20FN3O2S2/c1-13-18(27(24,25)23-9-3-4-10-23)11-17(22(13)2)19-21-16(12-26-19)14-5-7-15(20)8-6-14/h5-8,11-12H,3-4,9-10H2,1-2H3. The van der Waals surface area contributed by atoms with E-state index in [0.29, 0.717) is 23.7 Å². The highest BCUT2D eigenvalue weighted by atomic mass is 32.2. The molecule has 0 bridgehead atoms. The molecule has 5 nitrogen and oxygen atoms in total. The molecule has 0 radical (unpaired) electrons. The summed E-state index contributed by atoms with van der Waals surface area (Å²) in [5.74, 6) is -0.288. The Hall–Kier alpha value is -2.03. The van der Waals surface area contributed by atoms with Crippen molar-refractivity contribution in [2.45, 2.75) is 24.7 Å². The lowest BCUT2D eigenvalue weighted by Crippen LogP contribution is -2.28. The van der Waals surface area contributed by atoms with Gasteiger partial charge in [0.05, 0.1) is 11.4 Å². The second kappa shape index (κ2) is 6.85. The highest BCUT2D eigenvalue weighted by Crippen LogP contribution is 2.34. The Morgan fingerprint density at radius 3 is 2.48 bits per heavy atom. The summed E-state index contributed by atoms with van der Waals surface area (Å²) in [6, 6.07) is 7.90. The summed E-state index contributed by atoms with van der Waals surface area (Å²) in [6.45, 7) is 2.98. The third-order valence-corrected chi connectivity index (χ3v) is 7.91. The fourth-order valence-electron chi connectivity index (χ4n) is 3.35. The van der Waals surface area contributed by atoms with Crippen molar-refractivity contribution in [2.75, 3.05) is 13.1 Å². The molecule has 142 valence electrons. The van der Waals surface area contributed by atoms with Gasteiger partial charge in [0, 0.05) is 36.8 Å². The molecule has 1 saturated heterocycles. The molecule has 2 aromatic heterocycles. The van der Waals surface area contributed by atoms with Crippen molar-refractivity contribution >= 4 is 21.4 Å². The number of aromatic nitrogens is 2. The summed E-state index contributed by atoms with van der Waals surface area (Å²) in [7, 11) is -1.63. The molecule has 3 aromatic rings. The Balaban J connectivity index is 1.72. The van der Waals surface area contributed by atoms with E-state index in [2.05, 4.69) is 4.98 Å². The van der Waals surface area contributed by atoms with E-state index >= 15 is 0 Å². The Morgan fingerprint density at radius 1 is 1.15 bits per heavy atom. The first-order chi connectivity index (χ1) is 12.9. The maximum absolute atomic E-state index is 13.1. The minimum atomic E-state index is -3.48. The third kappa shape index (κ3) is 3.22. The van der Waals surface area contributed by atoms with E-state index in [0.717, 1.165) is 34.8 Å². The lowest BCUT2D eigenvalue weighted by Gasteiger charge is -2.15. The van der Waals surface area contributed by atoms with Crippen LogP contribution in [0.15, 0.2) is 40.6 Å². The SMILES string of the molecule is Cc1c(S(=O)(=O)N2CCCC2)cc(-c2nc(-c3ccc(F)cc3)cs2)n1C. The fourth-order valence-corrected chi connectivity index (χ4v) is 6.02. The second-order valence-electron chi connectivity index (χ2n) is 6.69. The largest absolute Gasteiger partial charge is 0.345 e. The van der Waals surface area contributed by atoms with E-state index in [1.165, 1.54) is 23.5 Å². The lowest BCUT2D eigenvalue weighted by molar-refractivity contribution is 0.477. The molecule has 0 aliphatic carbocycles. The molecule has 1 aromatic carbocycles. The first-order valence-electron chi connectivity index (χ1n) is 8.76. The molecule has 1 aliphatic rings. The van der Waals surface area contributed by atoms with Gasteiger partial charge in [0.15, 0.2) is 0 Å². The molecule has 0 spiro atoms. The van der Waals surface area contributed by atoms with Crippen molar-refractivity contribution in [3.8, 4) is 22.0 Å². The van der Waals surface area contributed by atoms with Crippen LogP contribution in [-0.2, 0) is 17.1 Å². The summed E-state index contributed by atoms with van der Waals surface area (Å²) in [4.78, 5) is 4.99. The number of rotatable bonds is 4. The molecule has 0 atom stereocenters. The van der Waals surface area contributed by atoms with Crippen LogP contribution in [0.4, 0.5) is 4.39 Å². The van der Waals surface area contributed by atoms with Gasteiger partial charge in [0.25, 0.3) is 0 Å². The molecule has 0 amide bonds. The molecule has 0 unspecified atom stereocenters. The van der Waals surface area contributed by atoms with Gasteiger partial charge in [-0.2, -0.15) is 4.31 Å². The molecule has 27 heavy (non-hydrogen) atoms. The maximum Gasteiger partial charge on any atom is 0.244 e. The van der Waals surface area contributed by atoms with Crippen molar-refractivity contribution < 1.29 is 12.8 Å². The van der Waals surface area contributed by atoms with Crippen LogP contribution in [0.25, 0.3) is 22.0 Å². The Labute approximate surface area is 162 Å². The van der Waals surface area contributed by atoms with Crippen molar-refractivity contribution in [3.63, 3.8) is 0 Å². The highest BCUT2D eigenvalue weighted by Gasteiger charge is 2.31. The van der Waals surface area contributed by atoms with Gasteiger partial charge >= 0.3 is 0 Å². The summed E-state index contributed by atoms with van der Waals surface area (Å²) in [5, 5.41) is 2.64. The van der Waals surface area contributed by atoms with E-state index in [1.807, 2.05) is 23.9 Å². The summed E-state index contributed by atoms with van der Waals surface area (Å²) < 4.78 is 42.5. The Bertz CT molecular complexity index is 1080. The van der Waals surface area contributed by atoms with Gasteiger partial charge in [-0.05, 0) is 50.1 Å². The van der Waals surface area contributed by atoms with Gasteiger partial charge in [0.2, 0.25) is 10.0 Å². The van der Waals surface area contributed by atoms with E-state index < -0.39 is 10.0 Å². The van der Waals surface area contributed by atoms with Crippen molar-refractivity contribution in [2.24, 2.45) is 7.05 Å². The van der Waals surface area contributed by atoms with Gasteiger partial charge in [-0.3, -0.25) is 0 Å². The molecular formula is C19H20FN3O2S2. The quantitative estimate of drug-likeness (QED) is 0.658. The number of nitrogens with zero attached hydrogens (tertiary/aromatic N) is 3. The smallest absolute Gasteiger partial charge is 0.244 e. The zero-order valence-corrected chi connectivity index (χ0v) is 16.8. The second-order valence-corrected chi connectivity index (χ2v) is 9.46. The molecular weight excluding hydrogens is 385 g/mol. The maximum atomic E-state index is 13.1. The van der Waals surface area contributed by atoms with E-state index in [-0.39, 0.29) is 5.82 Å². The van der Waals surface area contributed by atoms with Gasteiger partial charge in [0.1, 0.15) is 15.7 Å². The normalized spacial score (nSPS) is 15.5. The molecule has 1 aliphatic heterocycles. The van der Waals surface area contributed by atoms with Gasteiger partial charge in [-0.1, -0.05) is 0 Å². The number of hydrogen-bond donors (Lipinski definition) is 0. The highest BCUT2D eigenvalue weighted by molar-refractivity contribution is 7.89. The van der Waals surface area contributed by atoms with Crippen molar-refractivity contribution in [1.29, 1.82) is 0 Å². The van der Waals surface area contributed by atoms with E-state index in [4.69, 9.17) is 0 Å². The van der Waals surface area contributed by atoms with Crippen molar-refractivity contribution in [3.05, 3.63) is 47.2 Å². The molecule has 4 rings (SSSR count).